The van der Waals surface area contributed by atoms with Crippen molar-refractivity contribution in [3.05, 3.63) is 89.6 Å². The molecule has 2 aromatic heterocycles. The summed E-state index contributed by atoms with van der Waals surface area (Å²) in [6.45, 7) is 0. The van der Waals surface area contributed by atoms with E-state index in [1.165, 1.54) is 23.6 Å². The Balaban J connectivity index is 1.91. The van der Waals surface area contributed by atoms with Gasteiger partial charge in [0.15, 0.2) is 0 Å². The lowest BCUT2D eigenvalue weighted by atomic mass is 9.99. The van der Waals surface area contributed by atoms with Crippen molar-refractivity contribution in [3.8, 4) is 6.07 Å². The predicted octanol–water partition coefficient (Wildman–Crippen LogP) is 3.17. The van der Waals surface area contributed by atoms with Crippen LogP contribution in [0.5, 0.6) is 0 Å². The van der Waals surface area contributed by atoms with Gasteiger partial charge in [0.25, 0.3) is 11.7 Å². The lowest BCUT2D eigenvalue weighted by Crippen LogP contribution is -2.29. The average Bonchev–Trinajstić information content (AvgIpc) is 3.35. The minimum atomic E-state index is -0.934. The van der Waals surface area contributed by atoms with Crippen LogP contribution in [-0.2, 0) is 9.59 Å². The molecule has 28 heavy (non-hydrogen) atoms. The summed E-state index contributed by atoms with van der Waals surface area (Å²) in [5.41, 5.74) is 1.13. The van der Waals surface area contributed by atoms with Crippen LogP contribution in [0.3, 0.4) is 0 Å². The Morgan fingerprint density at radius 2 is 1.82 bits per heavy atom. The molecular formula is C21H13N3O4. The number of aliphatic hydroxyl groups excluding tert-OH is 1. The minimum absolute atomic E-state index is 0.0736. The summed E-state index contributed by atoms with van der Waals surface area (Å²) in [7, 11) is 0. The summed E-state index contributed by atoms with van der Waals surface area (Å²) in [5.74, 6) is -1.58. The highest BCUT2D eigenvalue weighted by Gasteiger charge is 2.48. The maximum absolute atomic E-state index is 12.8. The van der Waals surface area contributed by atoms with Crippen LogP contribution >= 0.6 is 0 Å². The smallest absolute Gasteiger partial charge is 0.300 e. The van der Waals surface area contributed by atoms with Crippen LogP contribution in [0.15, 0.2) is 77.2 Å². The number of amides is 1. The van der Waals surface area contributed by atoms with Gasteiger partial charge >= 0.3 is 0 Å². The van der Waals surface area contributed by atoms with E-state index in [0.717, 1.165) is 0 Å². The topological polar surface area (TPSA) is 107 Å². The van der Waals surface area contributed by atoms with Gasteiger partial charge in [0.05, 0.1) is 23.5 Å². The second kappa shape index (κ2) is 6.85. The van der Waals surface area contributed by atoms with Gasteiger partial charge in [-0.3, -0.25) is 19.5 Å². The number of carbonyl (C=O) groups is 2. The van der Waals surface area contributed by atoms with Gasteiger partial charge < -0.3 is 9.52 Å². The third-order valence-electron chi connectivity index (χ3n) is 4.49. The first-order valence-corrected chi connectivity index (χ1v) is 8.37. The Hall–Kier alpha value is -4.18. The van der Waals surface area contributed by atoms with Gasteiger partial charge in [-0.05, 0) is 48.5 Å². The molecule has 1 aliphatic heterocycles. The number of anilines is 1. The van der Waals surface area contributed by atoms with Crippen molar-refractivity contribution >= 4 is 23.1 Å². The molecule has 1 fully saturated rings. The maximum atomic E-state index is 12.8. The van der Waals surface area contributed by atoms with E-state index < -0.39 is 17.7 Å². The summed E-state index contributed by atoms with van der Waals surface area (Å²) in [6.07, 6.45) is 4.39. The van der Waals surface area contributed by atoms with E-state index in [1.807, 2.05) is 6.07 Å². The molecular weight excluding hydrogens is 358 g/mol. The molecule has 0 radical (unpaired) electrons. The molecule has 1 N–H and O–H groups in total. The molecule has 136 valence electrons. The van der Waals surface area contributed by atoms with Gasteiger partial charge in [-0.1, -0.05) is 0 Å². The Morgan fingerprint density at radius 3 is 2.43 bits per heavy atom. The third-order valence-corrected chi connectivity index (χ3v) is 4.49. The fourth-order valence-corrected chi connectivity index (χ4v) is 3.18. The van der Waals surface area contributed by atoms with Crippen LogP contribution in [0.4, 0.5) is 5.69 Å². The average molecular weight is 371 g/mol. The van der Waals surface area contributed by atoms with E-state index in [9.17, 15) is 14.7 Å². The summed E-state index contributed by atoms with van der Waals surface area (Å²) >= 11 is 0. The van der Waals surface area contributed by atoms with E-state index in [2.05, 4.69) is 4.98 Å². The molecule has 3 aromatic rings. The van der Waals surface area contributed by atoms with Crippen molar-refractivity contribution < 1.29 is 19.1 Å². The monoisotopic (exact) mass is 371 g/mol. The first kappa shape index (κ1) is 17.2. The largest absolute Gasteiger partial charge is 0.507 e. The number of benzene rings is 1. The molecule has 7 heteroatoms. The highest BCUT2D eigenvalue weighted by atomic mass is 16.3. The van der Waals surface area contributed by atoms with Gasteiger partial charge in [-0.2, -0.15) is 5.26 Å². The predicted molar refractivity (Wildman–Crippen MR) is 98.9 cm³/mol. The zero-order chi connectivity index (χ0) is 19.7. The second-order valence-corrected chi connectivity index (χ2v) is 6.08. The first-order chi connectivity index (χ1) is 13.6. The van der Waals surface area contributed by atoms with Crippen LogP contribution in [0.1, 0.15) is 22.9 Å². The number of nitrogens with zero attached hydrogens (tertiary/aromatic N) is 3. The first-order valence-electron chi connectivity index (χ1n) is 8.37. The van der Waals surface area contributed by atoms with Crippen LogP contribution < -0.4 is 4.90 Å². The fraction of sp³-hybridized carbons (Fsp3) is 0.0476. The van der Waals surface area contributed by atoms with Crippen molar-refractivity contribution in [2.24, 2.45) is 0 Å². The number of aliphatic hydroxyl groups is 1. The van der Waals surface area contributed by atoms with Crippen molar-refractivity contribution in [1.82, 2.24) is 4.98 Å². The number of carbonyl (C=O) groups excluding carboxylic acids is 2. The Bertz CT molecular complexity index is 1110. The van der Waals surface area contributed by atoms with Crippen LogP contribution in [-0.4, -0.2) is 21.8 Å². The number of aromatic nitrogens is 1. The minimum Gasteiger partial charge on any atom is -0.507 e. The van der Waals surface area contributed by atoms with Crippen molar-refractivity contribution in [1.29, 1.82) is 5.26 Å². The molecule has 1 amide bonds. The molecule has 0 aliphatic carbocycles. The molecule has 1 atom stereocenters. The van der Waals surface area contributed by atoms with Crippen LogP contribution in [0.2, 0.25) is 0 Å². The quantitative estimate of drug-likeness (QED) is 0.430. The number of hydrogen-bond acceptors (Lipinski definition) is 6. The lowest BCUT2D eigenvalue weighted by Gasteiger charge is -2.23. The molecule has 0 saturated carbocycles. The number of nitriles is 1. The van der Waals surface area contributed by atoms with E-state index in [4.69, 9.17) is 9.68 Å². The lowest BCUT2D eigenvalue weighted by molar-refractivity contribution is -0.132. The molecule has 7 nitrogen and oxygen atoms in total. The van der Waals surface area contributed by atoms with Gasteiger partial charge in [0.2, 0.25) is 0 Å². The van der Waals surface area contributed by atoms with Gasteiger partial charge in [0.1, 0.15) is 17.6 Å². The van der Waals surface area contributed by atoms with E-state index in [-0.39, 0.29) is 11.3 Å². The number of hydrogen-bond donors (Lipinski definition) is 1. The molecule has 4 rings (SSSR count). The van der Waals surface area contributed by atoms with Crippen LogP contribution in [0.25, 0.3) is 5.76 Å². The SMILES string of the molecule is N#Cc1ccc(N2C(=O)C(=O)/C(=C(\O)c3ccncc3)C2c2ccco2)cc1. The Kier molecular flexibility index (Phi) is 4.22. The van der Waals surface area contributed by atoms with E-state index in [1.54, 1.807) is 48.5 Å². The highest BCUT2D eigenvalue weighted by Crippen LogP contribution is 2.42. The fourth-order valence-electron chi connectivity index (χ4n) is 3.18. The maximum Gasteiger partial charge on any atom is 0.300 e. The van der Waals surface area contributed by atoms with Gasteiger partial charge in [-0.15, -0.1) is 0 Å². The number of pyridine rings is 1. The summed E-state index contributed by atoms with van der Waals surface area (Å²) in [6, 6.07) is 13.7. The number of rotatable bonds is 3. The highest BCUT2D eigenvalue weighted by molar-refractivity contribution is 6.51. The molecule has 3 heterocycles. The summed E-state index contributed by atoms with van der Waals surface area (Å²) in [5, 5.41) is 19.8. The van der Waals surface area contributed by atoms with Crippen molar-refractivity contribution in [2.75, 3.05) is 4.90 Å². The standard InChI is InChI=1S/C21H13N3O4/c22-12-13-3-5-15(6-4-13)24-18(16-2-1-11-28-16)17(20(26)21(24)27)19(25)14-7-9-23-10-8-14/h1-11,18,25H/b19-17-. The molecule has 1 unspecified atom stereocenters. The van der Waals surface area contributed by atoms with Crippen molar-refractivity contribution in [3.63, 3.8) is 0 Å². The Labute approximate surface area is 159 Å². The van der Waals surface area contributed by atoms with Gasteiger partial charge in [-0.25, -0.2) is 0 Å². The van der Waals surface area contributed by atoms with Crippen molar-refractivity contribution in [2.45, 2.75) is 6.04 Å². The zero-order valence-corrected chi connectivity index (χ0v) is 14.4. The molecule has 1 aliphatic rings. The number of Topliss-reactive ketones (excluding diaryl/α,β-unsaturated/α-hetero) is 1. The third kappa shape index (κ3) is 2.73. The number of furan rings is 1. The molecule has 1 saturated heterocycles. The zero-order valence-electron chi connectivity index (χ0n) is 14.4. The molecule has 1 aromatic carbocycles. The summed E-state index contributed by atoms with van der Waals surface area (Å²) < 4.78 is 5.47. The summed E-state index contributed by atoms with van der Waals surface area (Å²) in [4.78, 5) is 30.8. The molecule has 0 spiro atoms. The van der Waals surface area contributed by atoms with Crippen LogP contribution in [0, 0.1) is 11.3 Å². The number of ketones is 1. The van der Waals surface area contributed by atoms with E-state index >= 15 is 0 Å². The van der Waals surface area contributed by atoms with Gasteiger partial charge in [0, 0.05) is 23.6 Å². The second-order valence-electron chi connectivity index (χ2n) is 6.08. The molecule has 0 bridgehead atoms. The Morgan fingerprint density at radius 1 is 1.11 bits per heavy atom. The normalized spacial score (nSPS) is 18.2. The van der Waals surface area contributed by atoms with E-state index in [0.29, 0.717) is 22.6 Å².